The molecule has 0 bridgehead atoms. The topological polar surface area (TPSA) is 41.6 Å². The molecule has 0 unspecified atom stereocenters. The first kappa shape index (κ1) is 14.2. The predicted molar refractivity (Wildman–Crippen MR) is 82.5 cm³/mol. The van der Waals surface area contributed by atoms with Crippen molar-refractivity contribution in [3.63, 3.8) is 0 Å². The van der Waals surface area contributed by atoms with Crippen LogP contribution in [-0.2, 0) is 13.0 Å². The lowest BCUT2D eigenvalue weighted by Gasteiger charge is -2.32. The van der Waals surface area contributed by atoms with E-state index in [1.165, 1.54) is 30.4 Å². The van der Waals surface area contributed by atoms with Crippen LogP contribution in [0, 0.1) is 0 Å². The van der Waals surface area contributed by atoms with Crippen LogP contribution in [0.2, 0.25) is 0 Å². The number of rotatable bonds is 2. The van der Waals surface area contributed by atoms with E-state index < -0.39 is 0 Å². The van der Waals surface area contributed by atoms with E-state index in [1.807, 2.05) is 11.0 Å². The molecule has 1 aliphatic heterocycles. The van der Waals surface area contributed by atoms with Gasteiger partial charge in [-0.25, -0.2) is 4.79 Å². The van der Waals surface area contributed by atoms with Crippen LogP contribution in [0.15, 0.2) is 18.2 Å². The van der Waals surface area contributed by atoms with Crippen molar-refractivity contribution in [3.8, 4) is 5.75 Å². The first-order valence-electron chi connectivity index (χ1n) is 7.97. The number of urea groups is 1. The van der Waals surface area contributed by atoms with Gasteiger partial charge in [0, 0.05) is 19.1 Å². The van der Waals surface area contributed by atoms with Crippen molar-refractivity contribution < 1.29 is 9.53 Å². The third kappa shape index (κ3) is 3.31. The minimum absolute atomic E-state index is 0.100. The average Bonchev–Trinajstić information content (AvgIpc) is 2.54. The minimum Gasteiger partial charge on any atom is -0.497 e. The Labute approximate surface area is 126 Å². The third-order valence-electron chi connectivity index (χ3n) is 4.65. The number of hydrogen-bond acceptors (Lipinski definition) is 2. The second-order valence-corrected chi connectivity index (χ2v) is 6.09. The lowest BCUT2D eigenvalue weighted by molar-refractivity contribution is 0.184. The van der Waals surface area contributed by atoms with Crippen LogP contribution < -0.4 is 10.1 Å². The summed E-state index contributed by atoms with van der Waals surface area (Å²) in [5.41, 5.74) is 2.54. The van der Waals surface area contributed by atoms with E-state index >= 15 is 0 Å². The third-order valence-corrected chi connectivity index (χ3v) is 4.65. The summed E-state index contributed by atoms with van der Waals surface area (Å²) in [6, 6.07) is 6.62. The number of carbonyl (C=O) groups excluding carboxylic acids is 1. The van der Waals surface area contributed by atoms with Crippen LogP contribution in [0.25, 0.3) is 0 Å². The van der Waals surface area contributed by atoms with Gasteiger partial charge in [0.2, 0.25) is 0 Å². The molecule has 0 saturated heterocycles. The van der Waals surface area contributed by atoms with Gasteiger partial charge < -0.3 is 15.0 Å². The molecule has 3 rings (SSSR count). The Kier molecular flexibility index (Phi) is 4.32. The fourth-order valence-electron chi connectivity index (χ4n) is 3.34. The monoisotopic (exact) mass is 288 g/mol. The van der Waals surface area contributed by atoms with E-state index in [-0.39, 0.29) is 6.03 Å². The smallest absolute Gasteiger partial charge is 0.317 e. The molecule has 1 N–H and O–H groups in total. The number of nitrogens with one attached hydrogen (secondary N) is 1. The summed E-state index contributed by atoms with van der Waals surface area (Å²) >= 11 is 0. The lowest BCUT2D eigenvalue weighted by atomic mass is 9.95. The number of fused-ring (bicyclic) bond motifs is 1. The van der Waals surface area contributed by atoms with Gasteiger partial charge >= 0.3 is 6.03 Å². The van der Waals surface area contributed by atoms with E-state index in [0.29, 0.717) is 12.6 Å². The first-order chi connectivity index (χ1) is 10.3. The molecule has 1 aromatic rings. The average molecular weight is 288 g/mol. The molecule has 0 aromatic heterocycles. The molecule has 21 heavy (non-hydrogen) atoms. The second kappa shape index (κ2) is 6.37. The zero-order chi connectivity index (χ0) is 14.7. The number of hydrogen-bond donors (Lipinski definition) is 1. The number of amides is 2. The Balaban J connectivity index is 1.61. The van der Waals surface area contributed by atoms with E-state index in [0.717, 1.165) is 31.6 Å². The van der Waals surface area contributed by atoms with Gasteiger partial charge in [-0.3, -0.25) is 0 Å². The number of carbonyl (C=O) groups is 1. The van der Waals surface area contributed by atoms with Crippen LogP contribution in [0.1, 0.15) is 43.2 Å². The van der Waals surface area contributed by atoms with Crippen LogP contribution in [-0.4, -0.2) is 30.6 Å². The van der Waals surface area contributed by atoms with Crippen molar-refractivity contribution in [2.24, 2.45) is 0 Å². The molecule has 1 heterocycles. The highest BCUT2D eigenvalue weighted by atomic mass is 16.5. The SMILES string of the molecule is COc1ccc2c(c1)CCN(C(=O)NC1CCCCC1)C2. The highest BCUT2D eigenvalue weighted by Gasteiger charge is 2.23. The molecular weight excluding hydrogens is 264 g/mol. The quantitative estimate of drug-likeness (QED) is 0.908. The maximum absolute atomic E-state index is 12.4. The summed E-state index contributed by atoms with van der Waals surface area (Å²) in [6.07, 6.45) is 6.97. The van der Waals surface area contributed by atoms with Crippen LogP contribution >= 0.6 is 0 Å². The molecule has 4 nitrogen and oxygen atoms in total. The Morgan fingerprint density at radius 3 is 2.81 bits per heavy atom. The molecule has 2 aliphatic rings. The van der Waals surface area contributed by atoms with E-state index in [1.54, 1.807) is 7.11 Å². The Morgan fingerprint density at radius 1 is 1.24 bits per heavy atom. The maximum atomic E-state index is 12.4. The Morgan fingerprint density at radius 2 is 2.05 bits per heavy atom. The standard InChI is InChI=1S/C17H24N2O2/c1-21-16-8-7-14-12-19(10-9-13(14)11-16)17(20)18-15-5-3-2-4-6-15/h7-8,11,15H,2-6,9-10,12H2,1H3,(H,18,20). The molecule has 1 aromatic carbocycles. The number of nitrogens with zero attached hydrogens (tertiary/aromatic N) is 1. The van der Waals surface area contributed by atoms with Gasteiger partial charge in [-0.05, 0) is 42.5 Å². The molecule has 4 heteroatoms. The van der Waals surface area contributed by atoms with Gasteiger partial charge in [0.05, 0.1) is 7.11 Å². The largest absolute Gasteiger partial charge is 0.497 e. The predicted octanol–water partition coefficient (Wildman–Crippen LogP) is 3.10. The van der Waals surface area contributed by atoms with Crippen LogP contribution in [0.5, 0.6) is 5.75 Å². The van der Waals surface area contributed by atoms with Crippen LogP contribution in [0.4, 0.5) is 4.79 Å². The number of benzene rings is 1. The summed E-state index contributed by atoms with van der Waals surface area (Å²) in [5, 5.41) is 3.20. The van der Waals surface area contributed by atoms with E-state index in [2.05, 4.69) is 17.4 Å². The van der Waals surface area contributed by atoms with Crippen molar-refractivity contribution in [3.05, 3.63) is 29.3 Å². The Bertz CT molecular complexity index is 510. The Hall–Kier alpha value is -1.71. The summed E-state index contributed by atoms with van der Waals surface area (Å²) < 4.78 is 5.26. The highest BCUT2D eigenvalue weighted by Crippen LogP contribution is 2.24. The molecule has 1 fully saturated rings. The summed E-state index contributed by atoms with van der Waals surface area (Å²) in [4.78, 5) is 14.3. The van der Waals surface area contributed by atoms with Gasteiger partial charge in [-0.1, -0.05) is 25.3 Å². The maximum Gasteiger partial charge on any atom is 0.317 e. The lowest BCUT2D eigenvalue weighted by Crippen LogP contribution is -2.47. The van der Waals surface area contributed by atoms with Crippen molar-refractivity contribution in [2.75, 3.05) is 13.7 Å². The van der Waals surface area contributed by atoms with E-state index in [9.17, 15) is 4.79 Å². The molecule has 0 radical (unpaired) electrons. The number of ether oxygens (including phenoxy) is 1. The highest BCUT2D eigenvalue weighted by molar-refractivity contribution is 5.75. The summed E-state index contributed by atoms with van der Waals surface area (Å²) in [7, 11) is 1.69. The molecule has 0 atom stereocenters. The fourth-order valence-corrected chi connectivity index (χ4v) is 3.34. The molecular formula is C17H24N2O2. The minimum atomic E-state index is 0.100. The van der Waals surface area contributed by atoms with Crippen molar-refractivity contribution in [1.29, 1.82) is 0 Å². The zero-order valence-corrected chi connectivity index (χ0v) is 12.7. The van der Waals surface area contributed by atoms with Crippen LogP contribution in [0.3, 0.4) is 0 Å². The van der Waals surface area contributed by atoms with E-state index in [4.69, 9.17) is 4.74 Å². The molecule has 1 saturated carbocycles. The zero-order valence-electron chi connectivity index (χ0n) is 12.7. The molecule has 114 valence electrons. The fraction of sp³-hybridized carbons (Fsp3) is 0.588. The van der Waals surface area contributed by atoms with Gasteiger partial charge in [-0.2, -0.15) is 0 Å². The molecule has 0 spiro atoms. The summed E-state index contributed by atoms with van der Waals surface area (Å²) in [6.45, 7) is 1.50. The van der Waals surface area contributed by atoms with Gasteiger partial charge in [0.15, 0.2) is 0 Å². The molecule has 2 amide bonds. The molecule has 1 aliphatic carbocycles. The number of methoxy groups -OCH3 is 1. The van der Waals surface area contributed by atoms with Gasteiger partial charge in [0.25, 0.3) is 0 Å². The van der Waals surface area contributed by atoms with Crippen molar-refractivity contribution >= 4 is 6.03 Å². The first-order valence-corrected chi connectivity index (χ1v) is 7.97. The second-order valence-electron chi connectivity index (χ2n) is 6.09. The van der Waals surface area contributed by atoms with Gasteiger partial charge in [0.1, 0.15) is 5.75 Å². The van der Waals surface area contributed by atoms with Crippen molar-refractivity contribution in [2.45, 2.75) is 51.1 Å². The summed E-state index contributed by atoms with van der Waals surface area (Å²) in [5.74, 6) is 0.897. The van der Waals surface area contributed by atoms with Crippen molar-refractivity contribution in [1.82, 2.24) is 10.2 Å². The van der Waals surface area contributed by atoms with Gasteiger partial charge in [-0.15, -0.1) is 0 Å². The normalized spacial score (nSPS) is 19.0.